The zero-order valence-electron chi connectivity index (χ0n) is 8.87. The van der Waals surface area contributed by atoms with E-state index in [1.54, 1.807) is 0 Å². The van der Waals surface area contributed by atoms with Crippen molar-refractivity contribution in [2.24, 2.45) is 0 Å². The van der Waals surface area contributed by atoms with Crippen LogP contribution in [0, 0.1) is 0 Å². The molecule has 0 saturated carbocycles. The maximum atomic E-state index is 11.4. The largest absolute Gasteiger partial charge is 0.413 e. The Morgan fingerprint density at radius 3 is 2.73 bits per heavy atom. The Kier molecular flexibility index (Phi) is 3.52. The molecule has 1 N–H and O–H groups in total. The fraction of sp³-hybridized carbons (Fsp3) is 0.400. The summed E-state index contributed by atoms with van der Waals surface area (Å²) >= 11 is 5.77. The van der Waals surface area contributed by atoms with E-state index in [0.29, 0.717) is 10.8 Å². The van der Waals surface area contributed by atoms with Crippen LogP contribution < -0.4 is 10.1 Å². The van der Waals surface area contributed by atoms with Crippen molar-refractivity contribution in [3.63, 3.8) is 0 Å². The van der Waals surface area contributed by atoms with E-state index in [1.807, 2.05) is 20.8 Å². The van der Waals surface area contributed by atoms with E-state index < -0.39 is 6.09 Å². The molecule has 82 valence electrons. The lowest BCUT2D eigenvalue weighted by Gasteiger charge is -2.19. The number of hydrogen-bond donors (Lipinski definition) is 1. The van der Waals surface area contributed by atoms with Gasteiger partial charge in [-0.25, -0.2) is 4.79 Å². The Morgan fingerprint density at radius 2 is 2.20 bits per heavy atom. The monoisotopic (exact) mass is 228 g/mol. The highest BCUT2D eigenvalue weighted by molar-refractivity contribution is 6.32. The second-order valence-electron chi connectivity index (χ2n) is 4.07. The van der Waals surface area contributed by atoms with Crippen LogP contribution in [0.4, 0.5) is 4.79 Å². The first kappa shape index (κ1) is 11.8. The van der Waals surface area contributed by atoms with E-state index in [1.165, 1.54) is 18.5 Å². The molecule has 0 bridgehead atoms. The van der Waals surface area contributed by atoms with Crippen LogP contribution in [0.15, 0.2) is 18.5 Å². The highest BCUT2D eigenvalue weighted by Crippen LogP contribution is 2.21. The van der Waals surface area contributed by atoms with Gasteiger partial charge in [0.25, 0.3) is 0 Å². The van der Waals surface area contributed by atoms with Crippen molar-refractivity contribution in [3.8, 4) is 5.75 Å². The number of ether oxygens (including phenoxy) is 1. The third-order valence-electron chi connectivity index (χ3n) is 1.41. The van der Waals surface area contributed by atoms with E-state index in [4.69, 9.17) is 16.3 Å². The summed E-state index contributed by atoms with van der Waals surface area (Å²) in [6.07, 6.45) is 2.39. The zero-order valence-corrected chi connectivity index (χ0v) is 9.63. The van der Waals surface area contributed by atoms with Crippen LogP contribution in [-0.2, 0) is 0 Å². The van der Waals surface area contributed by atoms with Crippen LogP contribution >= 0.6 is 11.6 Å². The maximum absolute atomic E-state index is 11.4. The first-order valence-corrected chi connectivity index (χ1v) is 4.86. The molecule has 4 nitrogen and oxygen atoms in total. The number of pyridine rings is 1. The maximum Gasteiger partial charge on any atom is 0.413 e. The van der Waals surface area contributed by atoms with Crippen molar-refractivity contribution in [1.29, 1.82) is 0 Å². The minimum atomic E-state index is -0.532. The van der Waals surface area contributed by atoms with Gasteiger partial charge in [-0.15, -0.1) is 0 Å². The fourth-order valence-corrected chi connectivity index (χ4v) is 1.03. The molecular weight excluding hydrogens is 216 g/mol. The molecule has 0 aliphatic heterocycles. The van der Waals surface area contributed by atoms with Crippen LogP contribution in [0.1, 0.15) is 20.8 Å². The van der Waals surface area contributed by atoms with Crippen LogP contribution in [0.25, 0.3) is 0 Å². The van der Waals surface area contributed by atoms with E-state index in [0.717, 1.165) is 0 Å². The van der Waals surface area contributed by atoms with Crippen molar-refractivity contribution in [3.05, 3.63) is 23.5 Å². The number of carbonyl (C=O) groups is 1. The number of halogens is 1. The summed E-state index contributed by atoms with van der Waals surface area (Å²) < 4.78 is 5.00. The second kappa shape index (κ2) is 4.49. The molecule has 1 rings (SSSR count). The summed E-state index contributed by atoms with van der Waals surface area (Å²) in [5.41, 5.74) is -0.337. The van der Waals surface area contributed by atoms with Gasteiger partial charge in [-0.05, 0) is 20.8 Å². The zero-order chi connectivity index (χ0) is 11.5. The molecule has 5 heteroatoms. The Labute approximate surface area is 93.6 Å². The molecular formula is C10H13ClN2O2. The molecule has 0 aromatic carbocycles. The Hall–Kier alpha value is -1.29. The average Bonchev–Trinajstić information content (AvgIpc) is 2.05. The molecule has 1 aromatic rings. The second-order valence-corrected chi connectivity index (χ2v) is 4.48. The molecule has 15 heavy (non-hydrogen) atoms. The molecule has 0 radical (unpaired) electrons. The van der Waals surface area contributed by atoms with Crippen LogP contribution in [0.3, 0.4) is 0 Å². The van der Waals surface area contributed by atoms with E-state index >= 15 is 0 Å². The lowest BCUT2D eigenvalue weighted by Crippen LogP contribution is -2.42. The third-order valence-corrected chi connectivity index (χ3v) is 1.70. The van der Waals surface area contributed by atoms with Gasteiger partial charge in [0.2, 0.25) is 0 Å². The number of carbonyl (C=O) groups excluding carboxylic acids is 1. The first-order valence-electron chi connectivity index (χ1n) is 4.48. The van der Waals surface area contributed by atoms with Gasteiger partial charge in [-0.3, -0.25) is 4.98 Å². The summed E-state index contributed by atoms with van der Waals surface area (Å²) in [5.74, 6) is 0.299. The quantitative estimate of drug-likeness (QED) is 0.804. The van der Waals surface area contributed by atoms with Crippen molar-refractivity contribution >= 4 is 17.7 Å². The van der Waals surface area contributed by atoms with Gasteiger partial charge in [-0.1, -0.05) is 11.6 Å². The molecule has 0 fully saturated rings. The minimum absolute atomic E-state index is 0.299. The molecule has 1 amide bonds. The highest BCUT2D eigenvalue weighted by atomic mass is 35.5. The summed E-state index contributed by atoms with van der Waals surface area (Å²) in [6, 6.07) is 1.53. The SMILES string of the molecule is CC(C)(C)NC(=O)Oc1ccncc1Cl. The number of aromatic nitrogens is 1. The molecule has 0 unspecified atom stereocenters. The van der Waals surface area contributed by atoms with E-state index in [-0.39, 0.29) is 5.54 Å². The smallest absolute Gasteiger partial charge is 0.409 e. The van der Waals surface area contributed by atoms with Crippen molar-refractivity contribution in [2.45, 2.75) is 26.3 Å². The molecule has 0 aliphatic carbocycles. The van der Waals surface area contributed by atoms with Gasteiger partial charge in [0, 0.05) is 24.0 Å². The number of nitrogens with one attached hydrogen (secondary N) is 1. The van der Waals surface area contributed by atoms with Crippen molar-refractivity contribution < 1.29 is 9.53 Å². The number of rotatable bonds is 1. The van der Waals surface area contributed by atoms with Gasteiger partial charge in [-0.2, -0.15) is 0 Å². The van der Waals surface area contributed by atoms with Crippen LogP contribution in [-0.4, -0.2) is 16.6 Å². The van der Waals surface area contributed by atoms with Crippen LogP contribution in [0.2, 0.25) is 5.02 Å². The molecule has 1 heterocycles. The van der Waals surface area contributed by atoms with Crippen LogP contribution in [0.5, 0.6) is 5.75 Å². The van der Waals surface area contributed by atoms with Crippen molar-refractivity contribution in [1.82, 2.24) is 10.3 Å². The summed E-state index contributed by atoms with van der Waals surface area (Å²) in [6.45, 7) is 5.59. The number of amides is 1. The lowest BCUT2D eigenvalue weighted by molar-refractivity contribution is 0.190. The Bertz CT molecular complexity index is 361. The average molecular weight is 229 g/mol. The third kappa shape index (κ3) is 4.16. The first-order chi connectivity index (χ1) is 6.88. The molecule has 0 aliphatic rings. The van der Waals surface area contributed by atoms with Gasteiger partial charge in [0.15, 0.2) is 5.75 Å². The van der Waals surface area contributed by atoms with E-state index in [9.17, 15) is 4.79 Å². The standard InChI is InChI=1S/C10H13ClN2O2/c1-10(2,3)13-9(14)15-8-4-5-12-6-7(8)11/h4-6H,1-3H3,(H,13,14). The Balaban J connectivity index is 2.64. The van der Waals surface area contributed by atoms with Gasteiger partial charge in [0.1, 0.15) is 5.02 Å². The Morgan fingerprint density at radius 1 is 1.53 bits per heavy atom. The number of nitrogens with zero attached hydrogens (tertiary/aromatic N) is 1. The fourth-order valence-electron chi connectivity index (χ4n) is 0.877. The predicted molar refractivity (Wildman–Crippen MR) is 58.2 cm³/mol. The molecule has 0 saturated heterocycles. The van der Waals surface area contributed by atoms with Gasteiger partial charge in [0.05, 0.1) is 0 Å². The highest BCUT2D eigenvalue weighted by Gasteiger charge is 2.16. The lowest BCUT2D eigenvalue weighted by atomic mass is 10.1. The molecule has 0 atom stereocenters. The minimum Gasteiger partial charge on any atom is -0.409 e. The summed E-state index contributed by atoms with van der Waals surface area (Å²) in [4.78, 5) is 15.2. The van der Waals surface area contributed by atoms with Crippen molar-refractivity contribution in [2.75, 3.05) is 0 Å². The normalized spacial score (nSPS) is 10.9. The van der Waals surface area contributed by atoms with E-state index in [2.05, 4.69) is 10.3 Å². The van der Waals surface area contributed by atoms with Gasteiger partial charge < -0.3 is 10.1 Å². The molecule has 1 aromatic heterocycles. The predicted octanol–water partition coefficient (Wildman–Crippen LogP) is 2.62. The molecule has 0 spiro atoms. The topological polar surface area (TPSA) is 51.2 Å². The van der Waals surface area contributed by atoms with Gasteiger partial charge >= 0.3 is 6.09 Å². The number of hydrogen-bond acceptors (Lipinski definition) is 3. The summed E-state index contributed by atoms with van der Waals surface area (Å²) in [5, 5.41) is 2.96. The summed E-state index contributed by atoms with van der Waals surface area (Å²) in [7, 11) is 0.